The highest BCUT2D eigenvalue weighted by molar-refractivity contribution is 6.36. The summed E-state index contributed by atoms with van der Waals surface area (Å²) < 4.78 is 5.10. The molecule has 0 aliphatic rings. The number of benzene rings is 2. The SMILES string of the molecule is COc1ccc(CCNC(=O)C(=O)CCCc2ccccc2)cc1. The molecule has 0 heterocycles. The second-order valence-electron chi connectivity index (χ2n) is 5.62. The van der Waals surface area contributed by atoms with Gasteiger partial charge in [-0.1, -0.05) is 42.5 Å². The molecule has 1 amide bonds. The van der Waals surface area contributed by atoms with Crippen molar-refractivity contribution in [1.82, 2.24) is 5.32 Å². The minimum absolute atomic E-state index is 0.281. The fraction of sp³-hybridized carbons (Fsp3) is 0.300. The smallest absolute Gasteiger partial charge is 0.287 e. The van der Waals surface area contributed by atoms with Crippen LogP contribution in [-0.2, 0) is 22.4 Å². The highest BCUT2D eigenvalue weighted by Crippen LogP contribution is 2.11. The molecule has 0 aromatic heterocycles. The zero-order valence-corrected chi connectivity index (χ0v) is 14.0. The number of carbonyl (C=O) groups is 2. The fourth-order valence-electron chi connectivity index (χ4n) is 2.42. The van der Waals surface area contributed by atoms with E-state index in [1.54, 1.807) is 7.11 Å². The number of hydrogen-bond donors (Lipinski definition) is 1. The maximum atomic E-state index is 11.8. The molecule has 0 spiro atoms. The number of rotatable bonds is 9. The number of Topliss-reactive ketones (excluding diaryl/α,β-unsaturated/α-hetero) is 1. The molecule has 0 fully saturated rings. The van der Waals surface area contributed by atoms with Gasteiger partial charge in [-0.05, 0) is 42.5 Å². The maximum absolute atomic E-state index is 11.8. The molecule has 126 valence electrons. The lowest BCUT2D eigenvalue weighted by Gasteiger charge is -2.06. The third kappa shape index (κ3) is 5.88. The molecular weight excluding hydrogens is 302 g/mol. The Morgan fingerprint density at radius 2 is 1.58 bits per heavy atom. The van der Waals surface area contributed by atoms with Crippen molar-refractivity contribution in [1.29, 1.82) is 0 Å². The molecule has 4 nitrogen and oxygen atoms in total. The molecule has 1 N–H and O–H groups in total. The molecule has 2 aromatic carbocycles. The van der Waals surface area contributed by atoms with E-state index >= 15 is 0 Å². The monoisotopic (exact) mass is 325 g/mol. The fourth-order valence-corrected chi connectivity index (χ4v) is 2.42. The lowest BCUT2D eigenvalue weighted by Crippen LogP contribution is -2.32. The maximum Gasteiger partial charge on any atom is 0.287 e. The van der Waals surface area contributed by atoms with Gasteiger partial charge in [-0.3, -0.25) is 9.59 Å². The van der Waals surface area contributed by atoms with Crippen LogP contribution in [0.4, 0.5) is 0 Å². The quantitative estimate of drug-likeness (QED) is 0.721. The van der Waals surface area contributed by atoms with E-state index in [9.17, 15) is 9.59 Å². The molecule has 0 saturated carbocycles. The highest BCUT2D eigenvalue weighted by atomic mass is 16.5. The zero-order chi connectivity index (χ0) is 17.2. The second kappa shape index (κ2) is 9.50. The minimum Gasteiger partial charge on any atom is -0.497 e. The summed E-state index contributed by atoms with van der Waals surface area (Å²) in [6.07, 6.45) is 2.47. The number of nitrogens with one attached hydrogen (secondary N) is 1. The van der Waals surface area contributed by atoms with Crippen LogP contribution < -0.4 is 10.1 Å². The molecule has 4 heteroatoms. The summed E-state index contributed by atoms with van der Waals surface area (Å²) in [5, 5.41) is 2.69. The lowest BCUT2D eigenvalue weighted by atomic mass is 10.1. The molecule has 2 rings (SSSR count). The summed E-state index contributed by atoms with van der Waals surface area (Å²) in [5.41, 5.74) is 2.28. The van der Waals surface area contributed by atoms with Crippen LogP contribution in [0, 0.1) is 0 Å². The van der Waals surface area contributed by atoms with Crippen molar-refractivity contribution in [3.63, 3.8) is 0 Å². The van der Waals surface area contributed by atoms with Gasteiger partial charge in [0.1, 0.15) is 5.75 Å². The molecule has 24 heavy (non-hydrogen) atoms. The Labute approximate surface area is 142 Å². The van der Waals surface area contributed by atoms with Crippen LogP contribution in [0.1, 0.15) is 24.0 Å². The summed E-state index contributed by atoms with van der Waals surface area (Å²) in [6.45, 7) is 0.454. The predicted octanol–water partition coefficient (Wildman–Crippen LogP) is 2.95. The van der Waals surface area contributed by atoms with Gasteiger partial charge in [0.15, 0.2) is 0 Å². The van der Waals surface area contributed by atoms with Crippen LogP contribution in [-0.4, -0.2) is 25.3 Å². The molecule has 0 bridgehead atoms. The average molecular weight is 325 g/mol. The van der Waals surface area contributed by atoms with Gasteiger partial charge in [-0.2, -0.15) is 0 Å². The Bertz CT molecular complexity index is 650. The van der Waals surface area contributed by atoms with E-state index in [1.165, 1.54) is 5.56 Å². The minimum atomic E-state index is -0.489. The van der Waals surface area contributed by atoms with E-state index in [1.807, 2.05) is 54.6 Å². The number of aryl methyl sites for hydroxylation is 1. The summed E-state index contributed by atoms with van der Waals surface area (Å²) in [6, 6.07) is 17.6. The number of amides is 1. The van der Waals surface area contributed by atoms with Crippen molar-refractivity contribution in [3.05, 3.63) is 65.7 Å². The number of ether oxygens (including phenoxy) is 1. The van der Waals surface area contributed by atoms with Crippen LogP contribution in [0.5, 0.6) is 5.75 Å². The first-order valence-corrected chi connectivity index (χ1v) is 8.17. The van der Waals surface area contributed by atoms with Crippen molar-refractivity contribution in [2.24, 2.45) is 0 Å². The first kappa shape index (κ1) is 17.7. The van der Waals surface area contributed by atoms with Gasteiger partial charge >= 0.3 is 0 Å². The standard InChI is InChI=1S/C20H23NO3/c1-24-18-12-10-17(11-13-18)14-15-21-20(23)19(22)9-5-8-16-6-3-2-4-7-16/h2-4,6-7,10-13H,5,8-9,14-15H2,1H3,(H,21,23). The summed E-state index contributed by atoms with van der Waals surface area (Å²) >= 11 is 0. The first-order chi connectivity index (χ1) is 11.7. The Morgan fingerprint density at radius 1 is 0.917 bits per heavy atom. The van der Waals surface area contributed by atoms with Gasteiger partial charge in [-0.15, -0.1) is 0 Å². The van der Waals surface area contributed by atoms with Gasteiger partial charge in [0.25, 0.3) is 5.91 Å². The zero-order valence-electron chi connectivity index (χ0n) is 14.0. The largest absolute Gasteiger partial charge is 0.497 e. The Balaban J connectivity index is 1.65. The van der Waals surface area contributed by atoms with Crippen LogP contribution in [0.3, 0.4) is 0 Å². The third-order valence-corrected chi connectivity index (χ3v) is 3.82. The van der Waals surface area contributed by atoms with E-state index in [-0.39, 0.29) is 12.2 Å². The van der Waals surface area contributed by atoms with Crippen molar-refractivity contribution in [2.45, 2.75) is 25.7 Å². The molecule has 2 aromatic rings. The number of ketones is 1. The van der Waals surface area contributed by atoms with Gasteiger partial charge in [0, 0.05) is 13.0 Å². The Hall–Kier alpha value is -2.62. The molecule has 0 atom stereocenters. The molecule has 0 unspecified atom stereocenters. The van der Waals surface area contributed by atoms with Crippen LogP contribution in [0.15, 0.2) is 54.6 Å². The van der Waals surface area contributed by atoms with Gasteiger partial charge < -0.3 is 10.1 Å². The first-order valence-electron chi connectivity index (χ1n) is 8.17. The third-order valence-electron chi connectivity index (χ3n) is 3.82. The molecule has 0 radical (unpaired) electrons. The molecular formula is C20H23NO3. The molecule has 0 aliphatic heterocycles. The van der Waals surface area contributed by atoms with Crippen molar-refractivity contribution >= 4 is 11.7 Å². The van der Waals surface area contributed by atoms with Crippen molar-refractivity contribution in [3.8, 4) is 5.75 Å². The van der Waals surface area contributed by atoms with E-state index in [0.717, 1.165) is 17.7 Å². The van der Waals surface area contributed by atoms with Crippen molar-refractivity contribution in [2.75, 3.05) is 13.7 Å². The summed E-state index contributed by atoms with van der Waals surface area (Å²) in [5.74, 6) is -0.0337. The normalized spacial score (nSPS) is 10.2. The predicted molar refractivity (Wildman–Crippen MR) is 94.1 cm³/mol. The number of methoxy groups -OCH3 is 1. The highest BCUT2D eigenvalue weighted by Gasteiger charge is 2.12. The van der Waals surface area contributed by atoms with E-state index in [0.29, 0.717) is 19.4 Å². The van der Waals surface area contributed by atoms with Crippen LogP contribution in [0.25, 0.3) is 0 Å². The molecule has 0 saturated heterocycles. The van der Waals surface area contributed by atoms with E-state index < -0.39 is 5.91 Å². The van der Waals surface area contributed by atoms with E-state index in [2.05, 4.69) is 5.32 Å². The lowest BCUT2D eigenvalue weighted by molar-refractivity contribution is -0.137. The summed E-state index contributed by atoms with van der Waals surface area (Å²) in [4.78, 5) is 23.6. The van der Waals surface area contributed by atoms with E-state index in [4.69, 9.17) is 4.74 Å². The van der Waals surface area contributed by atoms with Crippen molar-refractivity contribution < 1.29 is 14.3 Å². The Kier molecular flexibility index (Phi) is 7.02. The topological polar surface area (TPSA) is 55.4 Å². The average Bonchev–Trinajstić information content (AvgIpc) is 2.63. The van der Waals surface area contributed by atoms with Crippen LogP contribution in [0.2, 0.25) is 0 Å². The van der Waals surface area contributed by atoms with Gasteiger partial charge in [0.2, 0.25) is 5.78 Å². The second-order valence-corrected chi connectivity index (χ2v) is 5.62. The summed E-state index contributed by atoms with van der Waals surface area (Å²) in [7, 11) is 1.62. The number of carbonyl (C=O) groups excluding carboxylic acids is 2. The molecule has 0 aliphatic carbocycles. The van der Waals surface area contributed by atoms with Gasteiger partial charge in [-0.25, -0.2) is 0 Å². The Morgan fingerprint density at radius 3 is 2.25 bits per heavy atom. The van der Waals surface area contributed by atoms with Gasteiger partial charge in [0.05, 0.1) is 7.11 Å². The number of hydrogen-bond acceptors (Lipinski definition) is 3. The van der Waals surface area contributed by atoms with Crippen LogP contribution >= 0.6 is 0 Å².